The Bertz CT molecular complexity index is 796. The minimum absolute atomic E-state index is 0.107. The van der Waals surface area contributed by atoms with Crippen LogP contribution >= 0.6 is 0 Å². The first-order chi connectivity index (χ1) is 10.3. The minimum atomic E-state index is -3.60. The molecule has 1 heterocycles. The predicted molar refractivity (Wildman–Crippen MR) is 78.0 cm³/mol. The van der Waals surface area contributed by atoms with Gasteiger partial charge in [-0.05, 0) is 37.8 Å². The van der Waals surface area contributed by atoms with Crippen LogP contribution in [0.1, 0.15) is 30.2 Å². The molecule has 5 nitrogen and oxygen atoms in total. The van der Waals surface area contributed by atoms with Gasteiger partial charge < -0.3 is 4.52 Å². The Morgan fingerprint density at radius 1 is 1.36 bits per heavy atom. The first-order valence-corrected chi connectivity index (χ1v) is 8.76. The minimum Gasteiger partial charge on any atom is -0.356 e. The molecule has 1 atom stereocenters. The highest BCUT2D eigenvalue weighted by molar-refractivity contribution is 7.86. The monoisotopic (exact) mass is 325 g/mol. The Kier molecular flexibility index (Phi) is 3.78. The Hall–Kier alpha value is -1.73. The van der Waals surface area contributed by atoms with E-state index in [1.54, 1.807) is 18.2 Å². The molecule has 3 rings (SSSR count). The van der Waals surface area contributed by atoms with Crippen LogP contribution in [-0.2, 0) is 14.3 Å². The van der Waals surface area contributed by atoms with Crippen molar-refractivity contribution >= 4 is 10.1 Å². The van der Waals surface area contributed by atoms with Crippen molar-refractivity contribution in [1.82, 2.24) is 5.16 Å². The van der Waals surface area contributed by atoms with Crippen LogP contribution < -0.4 is 0 Å². The molecule has 0 saturated heterocycles. The molecule has 1 fully saturated rings. The number of aryl methyl sites for hydroxylation is 1. The fraction of sp³-hybridized carbons (Fsp3) is 0.400. The molecule has 1 aliphatic rings. The number of hydrogen-bond donors (Lipinski definition) is 0. The van der Waals surface area contributed by atoms with Crippen LogP contribution in [0, 0.1) is 18.7 Å². The van der Waals surface area contributed by atoms with Gasteiger partial charge in [-0.25, -0.2) is 4.39 Å². The fourth-order valence-electron chi connectivity index (χ4n) is 2.33. The highest BCUT2D eigenvalue weighted by Crippen LogP contribution is 2.44. The Morgan fingerprint density at radius 2 is 2.09 bits per heavy atom. The van der Waals surface area contributed by atoms with Crippen molar-refractivity contribution in [1.29, 1.82) is 0 Å². The van der Waals surface area contributed by atoms with Crippen molar-refractivity contribution in [3.63, 3.8) is 0 Å². The largest absolute Gasteiger partial charge is 0.356 e. The van der Waals surface area contributed by atoms with Gasteiger partial charge in [0.2, 0.25) is 0 Å². The van der Waals surface area contributed by atoms with Crippen LogP contribution in [0.3, 0.4) is 0 Å². The third kappa shape index (κ3) is 3.36. The van der Waals surface area contributed by atoms with E-state index in [1.165, 1.54) is 6.07 Å². The van der Waals surface area contributed by atoms with Crippen molar-refractivity contribution in [3.05, 3.63) is 41.3 Å². The van der Waals surface area contributed by atoms with Gasteiger partial charge in [-0.1, -0.05) is 16.8 Å². The average Bonchev–Trinajstić information content (AvgIpc) is 3.15. The molecule has 22 heavy (non-hydrogen) atoms. The molecule has 1 unspecified atom stereocenters. The molecule has 7 heteroatoms. The molecule has 1 aliphatic carbocycles. The Labute approximate surface area is 128 Å². The number of benzene rings is 1. The van der Waals surface area contributed by atoms with Gasteiger partial charge in [0.05, 0.1) is 11.8 Å². The summed E-state index contributed by atoms with van der Waals surface area (Å²) in [6.45, 7) is 1.85. The summed E-state index contributed by atoms with van der Waals surface area (Å²) in [6.07, 6.45) is 2.09. The number of halogens is 1. The number of hydrogen-bond acceptors (Lipinski definition) is 5. The van der Waals surface area contributed by atoms with Crippen LogP contribution in [0.4, 0.5) is 4.39 Å². The molecule has 0 radical (unpaired) electrons. The SMILES string of the molecule is Cc1ccc(F)c(-c2cc(C(OS(C)(=O)=O)C3CC3)no2)c1. The molecule has 118 valence electrons. The predicted octanol–water partition coefficient (Wildman–Crippen LogP) is 3.22. The Balaban J connectivity index is 1.93. The van der Waals surface area contributed by atoms with E-state index < -0.39 is 22.0 Å². The van der Waals surface area contributed by atoms with Gasteiger partial charge in [0.1, 0.15) is 17.6 Å². The van der Waals surface area contributed by atoms with Crippen LogP contribution in [0.5, 0.6) is 0 Å². The second-order valence-corrected chi connectivity index (χ2v) is 7.26. The van der Waals surface area contributed by atoms with E-state index in [1.807, 2.05) is 6.92 Å². The zero-order valence-corrected chi connectivity index (χ0v) is 13.1. The van der Waals surface area contributed by atoms with Gasteiger partial charge >= 0.3 is 0 Å². The van der Waals surface area contributed by atoms with Crippen molar-refractivity contribution in [2.45, 2.75) is 25.9 Å². The lowest BCUT2D eigenvalue weighted by Gasteiger charge is -2.11. The fourth-order valence-corrected chi connectivity index (χ4v) is 2.97. The summed E-state index contributed by atoms with van der Waals surface area (Å²) in [5, 5.41) is 3.88. The third-order valence-electron chi connectivity index (χ3n) is 3.54. The summed E-state index contributed by atoms with van der Waals surface area (Å²) in [6, 6.07) is 6.23. The van der Waals surface area contributed by atoms with Gasteiger partial charge in [-0.3, -0.25) is 4.18 Å². The Morgan fingerprint density at radius 3 is 2.73 bits per heavy atom. The standard InChI is InChI=1S/C15H16FNO4S/c1-9-3-6-12(16)11(7-9)14-8-13(17-20-14)15(10-4-5-10)21-22(2,18)19/h3,6-8,10,15H,4-5H2,1-2H3. The van der Waals surface area contributed by atoms with Crippen molar-refractivity contribution in [3.8, 4) is 11.3 Å². The zero-order chi connectivity index (χ0) is 15.9. The van der Waals surface area contributed by atoms with Crippen LogP contribution in [0.15, 0.2) is 28.8 Å². The van der Waals surface area contributed by atoms with Crippen LogP contribution in [-0.4, -0.2) is 19.8 Å². The molecule has 0 N–H and O–H groups in total. The lowest BCUT2D eigenvalue weighted by Crippen LogP contribution is -2.12. The van der Waals surface area contributed by atoms with Crippen LogP contribution in [0.25, 0.3) is 11.3 Å². The van der Waals surface area contributed by atoms with E-state index in [2.05, 4.69) is 5.16 Å². The molecule has 0 amide bonds. The second kappa shape index (κ2) is 5.48. The van der Waals surface area contributed by atoms with E-state index in [9.17, 15) is 12.8 Å². The number of nitrogens with zero attached hydrogens (tertiary/aromatic N) is 1. The maximum atomic E-state index is 13.9. The lowest BCUT2D eigenvalue weighted by atomic mass is 10.1. The molecule has 2 aromatic rings. The first-order valence-electron chi connectivity index (χ1n) is 6.95. The number of aromatic nitrogens is 1. The molecule has 1 aromatic heterocycles. The van der Waals surface area contributed by atoms with Gasteiger partial charge in [0, 0.05) is 6.07 Å². The summed E-state index contributed by atoms with van der Waals surface area (Å²) in [7, 11) is -3.60. The van der Waals surface area contributed by atoms with Gasteiger partial charge in [0.25, 0.3) is 10.1 Å². The highest BCUT2D eigenvalue weighted by Gasteiger charge is 2.37. The maximum Gasteiger partial charge on any atom is 0.265 e. The van der Waals surface area contributed by atoms with Gasteiger partial charge in [-0.15, -0.1) is 0 Å². The van der Waals surface area contributed by atoms with Crippen molar-refractivity contribution in [2.24, 2.45) is 5.92 Å². The molecule has 1 aromatic carbocycles. The lowest BCUT2D eigenvalue weighted by molar-refractivity contribution is 0.181. The zero-order valence-electron chi connectivity index (χ0n) is 12.2. The van der Waals surface area contributed by atoms with Crippen molar-refractivity contribution in [2.75, 3.05) is 6.26 Å². The normalized spacial score (nSPS) is 16.7. The van der Waals surface area contributed by atoms with E-state index in [0.717, 1.165) is 24.7 Å². The van der Waals surface area contributed by atoms with Crippen molar-refractivity contribution < 1.29 is 21.5 Å². The summed E-state index contributed by atoms with van der Waals surface area (Å²) < 4.78 is 47.0. The topological polar surface area (TPSA) is 69.4 Å². The average molecular weight is 325 g/mol. The van der Waals surface area contributed by atoms with E-state index in [-0.39, 0.29) is 11.7 Å². The van der Waals surface area contributed by atoms with Crippen LogP contribution in [0.2, 0.25) is 0 Å². The quantitative estimate of drug-likeness (QED) is 0.790. The molecular formula is C15H16FNO4S. The van der Waals surface area contributed by atoms with Gasteiger partial charge in [-0.2, -0.15) is 8.42 Å². The smallest absolute Gasteiger partial charge is 0.265 e. The van der Waals surface area contributed by atoms with E-state index in [0.29, 0.717) is 11.3 Å². The second-order valence-electron chi connectivity index (χ2n) is 5.66. The molecule has 0 spiro atoms. The van der Waals surface area contributed by atoms with Gasteiger partial charge in [0.15, 0.2) is 5.76 Å². The first kappa shape index (κ1) is 15.2. The molecule has 0 aliphatic heterocycles. The summed E-state index contributed by atoms with van der Waals surface area (Å²) in [5.74, 6) is -0.0470. The summed E-state index contributed by atoms with van der Waals surface area (Å²) >= 11 is 0. The van der Waals surface area contributed by atoms with E-state index in [4.69, 9.17) is 8.71 Å². The summed E-state index contributed by atoms with van der Waals surface area (Å²) in [5.41, 5.74) is 1.57. The molecular weight excluding hydrogens is 309 g/mol. The highest BCUT2D eigenvalue weighted by atomic mass is 32.2. The molecule has 0 bridgehead atoms. The molecule has 1 saturated carbocycles. The van der Waals surface area contributed by atoms with E-state index >= 15 is 0 Å². The third-order valence-corrected chi connectivity index (χ3v) is 4.09. The summed E-state index contributed by atoms with van der Waals surface area (Å²) in [4.78, 5) is 0. The number of rotatable bonds is 5. The maximum absolute atomic E-state index is 13.9.